The van der Waals surface area contributed by atoms with Crippen LogP contribution in [0.4, 0.5) is 15.9 Å². The fraction of sp³-hybridized carbons (Fsp3) is 0.0769. The van der Waals surface area contributed by atoms with Gasteiger partial charge in [-0.1, -0.05) is 23.2 Å². The number of rotatable bonds is 3. The second kappa shape index (κ2) is 6.07. The minimum Gasteiger partial charge on any atom is -0.372 e. The summed E-state index contributed by atoms with van der Waals surface area (Å²) in [4.78, 5) is 16.2. The highest BCUT2D eigenvalue weighted by Gasteiger charge is 2.14. The molecule has 0 aliphatic rings. The quantitative estimate of drug-likeness (QED) is 0.847. The SMILES string of the molecule is CNc1ncccc1C(=O)Nc1cc(Cl)c(F)c(Cl)c1. The molecule has 0 unspecified atom stereocenters. The molecule has 2 aromatic rings. The third-order valence-corrected chi connectivity index (χ3v) is 3.08. The number of amides is 1. The van der Waals surface area contributed by atoms with Crippen LogP contribution in [0.15, 0.2) is 30.5 Å². The van der Waals surface area contributed by atoms with Crippen molar-refractivity contribution >= 4 is 40.6 Å². The number of pyridine rings is 1. The number of hydrogen-bond donors (Lipinski definition) is 2. The highest BCUT2D eigenvalue weighted by molar-refractivity contribution is 6.35. The summed E-state index contributed by atoms with van der Waals surface area (Å²) < 4.78 is 13.3. The minimum absolute atomic E-state index is 0.159. The van der Waals surface area contributed by atoms with Gasteiger partial charge in [-0.2, -0.15) is 0 Å². The third kappa shape index (κ3) is 3.00. The molecule has 4 nitrogen and oxygen atoms in total. The maximum absolute atomic E-state index is 13.3. The molecule has 0 radical (unpaired) electrons. The van der Waals surface area contributed by atoms with Crippen LogP contribution in [0.3, 0.4) is 0 Å². The molecule has 0 atom stereocenters. The molecule has 104 valence electrons. The maximum Gasteiger partial charge on any atom is 0.259 e. The van der Waals surface area contributed by atoms with E-state index in [-0.39, 0.29) is 10.0 Å². The summed E-state index contributed by atoms with van der Waals surface area (Å²) in [6, 6.07) is 5.83. The van der Waals surface area contributed by atoms with Crippen LogP contribution in [0.1, 0.15) is 10.4 Å². The fourth-order valence-corrected chi connectivity index (χ4v) is 2.10. The van der Waals surface area contributed by atoms with E-state index < -0.39 is 11.7 Å². The summed E-state index contributed by atoms with van der Waals surface area (Å²) in [5.74, 6) is -0.686. The van der Waals surface area contributed by atoms with Gasteiger partial charge in [-0.3, -0.25) is 4.79 Å². The van der Waals surface area contributed by atoms with Gasteiger partial charge in [0.25, 0.3) is 5.91 Å². The Bertz CT molecular complexity index is 641. The van der Waals surface area contributed by atoms with Crippen molar-refractivity contribution in [3.05, 3.63) is 51.9 Å². The lowest BCUT2D eigenvalue weighted by Gasteiger charge is -2.09. The minimum atomic E-state index is -0.719. The van der Waals surface area contributed by atoms with Crippen molar-refractivity contribution < 1.29 is 9.18 Å². The lowest BCUT2D eigenvalue weighted by Crippen LogP contribution is -2.14. The smallest absolute Gasteiger partial charge is 0.259 e. The first-order valence-corrected chi connectivity index (χ1v) is 6.37. The third-order valence-electron chi connectivity index (χ3n) is 2.53. The highest BCUT2D eigenvalue weighted by atomic mass is 35.5. The van der Waals surface area contributed by atoms with E-state index in [0.29, 0.717) is 17.1 Å². The van der Waals surface area contributed by atoms with E-state index in [9.17, 15) is 9.18 Å². The van der Waals surface area contributed by atoms with Crippen LogP contribution in [0.2, 0.25) is 10.0 Å². The van der Waals surface area contributed by atoms with Crippen molar-refractivity contribution in [3.63, 3.8) is 0 Å². The van der Waals surface area contributed by atoms with Gasteiger partial charge < -0.3 is 10.6 Å². The van der Waals surface area contributed by atoms with Crippen molar-refractivity contribution in [2.24, 2.45) is 0 Å². The zero-order valence-electron chi connectivity index (χ0n) is 10.4. The van der Waals surface area contributed by atoms with Crippen LogP contribution < -0.4 is 10.6 Å². The van der Waals surface area contributed by atoms with Gasteiger partial charge in [0.05, 0.1) is 15.6 Å². The molecule has 2 N–H and O–H groups in total. The lowest BCUT2D eigenvalue weighted by molar-refractivity contribution is 0.102. The highest BCUT2D eigenvalue weighted by Crippen LogP contribution is 2.27. The Hall–Kier alpha value is -1.85. The van der Waals surface area contributed by atoms with Gasteiger partial charge in [-0.05, 0) is 24.3 Å². The Morgan fingerprint density at radius 2 is 1.95 bits per heavy atom. The second-order valence-corrected chi connectivity index (χ2v) is 4.67. The zero-order chi connectivity index (χ0) is 14.7. The first kappa shape index (κ1) is 14.6. The van der Waals surface area contributed by atoms with Gasteiger partial charge in [0.1, 0.15) is 5.82 Å². The molecule has 20 heavy (non-hydrogen) atoms. The van der Waals surface area contributed by atoms with E-state index in [1.54, 1.807) is 25.4 Å². The summed E-state index contributed by atoms with van der Waals surface area (Å²) in [5.41, 5.74) is 0.656. The van der Waals surface area contributed by atoms with E-state index in [2.05, 4.69) is 15.6 Å². The van der Waals surface area contributed by atoms with Crippen LogP contribution >= 0.6 is 23.2 Å². The van der Waals surface area contributed by atoms with Crippen molar-refractivity contribution in [2.45, 2.75) is 0 Å². The van der Waals surface area contributed by atoms with Gasteiger partial charge in [0, 0.05) is 18.9 Å². The number of hydrogen-bond acceptors (Lipinski definition) is 3. The fourth-order valence-electron chi connectivity index (χ4n) is 1.61. The maximum atomic E-state index is 13.3. The normalized spacial score (nSPS) is 10.2. The van der Waals surface area contributed by atoms with E-state index in [1.165, 1.54) is 12.1 Å². The Labute approximate surface area is 124 Å². The van der Waals surface area contributed by atoms with E-state index in [4.69, 9.17) is 23.2 Å². The van der Waals surface area contributed by atoms with Crippen LogP contribution in [0.25, 0.3) is 0 Å². The van der Waals surface area contributed by atoms with E-state index in [0.717, 1.165) is 0 Å². The number of nitrogens with one attached hydrogen (secondary N) is 2. The molecule has 0 fully saturated rings. The van der Waals surface area contributed by atoms with Gasteiger partial charge in [0.2, 0.25) is 0 Å². The molecule has 0 aliphatic carbocycles. The molecule has 0 saturated heterocycles. The molecule has 0 spiro atoms. The second-order valence-electron chi connectivity index (χ2n) is 3.86. The summed E-state index contributed by atoms with van der Waals surface area (Å²) in [5, 5.41) is 5.08. The van der Waals surface area contributed by atoms with Crippen LogP contribution in [-0.2, 0) is 0 Å². The number of aromatic nitrogens is 1. The summed E-state index contributed by atoms with van der Waals surface area (Å²) in [7, 11) is 1.66. The number of anilines is 2. The van der Waals surface area contributed by atoms with Gasteiger partial charge >= 0.3 is 0 Å². The first-order chi connectivity index (χ1) is 9.52. The number of carbonyl (C=O) groups excluding carboxylic acids is 1. The summed E-state index contributed by atoms with van der Waals surface area (Å²) in [6.07, 6.45) is 1.56. The molecular weight excluding hydrogens is 304 g/mol. The van der Waals surface area contributed by atoms with Crippen molar-refractivity contribution in [1.82, 2.24) is 4.98 Å². The molecule has 7 heteroatoms. The van der Waals surface area contributed by atoms with E-state index >= 15 is 0 Å². The topological polar surface area (TPSA) is 54.0 Å². The number of benzene rings is 1. The van der Waals surface area contributed by atoms with Crippen molar-refractivity contribution in [3.8, 4) is 0 Å². The molecule has 1 amide bonds. The largest absolute Gasteiger partial charge is 0.372 e. The summed E-state index contributed by atoms with van der Waals surface area (Å²) >= 11 is 11.3. The molecular formula is C13H10Cl2FN3O. The molecule has 1 aromatic carbocycles. The Balaban J connectivity index is 2.28. The first-order valence-electron chi connectivity index (χ1n) is 5.61. The van der Waals surface area contributed by atoms with Crippen molar-refractivity contribution in [2.75, 3.05) is 17.7 Å². The van der Waals surface area contributed by atoms with E-state index in [1.807, 2.05) is 0 Å². The molecule has 0 aliphatic heterocycles. The molecule has 2 rings (SSSR count). The van der Waals surface area contributed by atoms with Gasteiger partial charge in [0.15, 0.2) is 5.82 Å². The Morgan fingerprint density at radius 3 is 2.55 bits per heavy atom. The monoisotopic (exact) mass is 313 g/mol. The molecule has 0 saturated carbocycles. The van der Waals surface area contributed by atoms with Crippen LogP contribution in [-0.4, -0.2) is 17.9 Å². The molecule has 1 heterocycles. The Kier molecular flexibility index (Phi) is 4.42. The van der Waals surface area contributed by atoms with Gasteiger partial charge in [-0.15, -0.1) is 0 Å². The molecule has 1 aromatic heterocycles. The Morgan fingerprint density at radius 1 is 1.30 bits per heavy atom. The number of nitrogens with zero attached hydrogens (tertiary/aromatic N) is 1. The van der Waals surface area contributed by atoms with Crippen LogP contribution in [0, 0.1) is 5.82 Å². The average Bonchev–Trinajstić information content (AvgIpc) is 2.44. The average molecular weight is 314 g/mol. The molecule has 0 bridgehead atoms. The van der Waals surface area contributed by atoms with Gasteiger partial charge in [-0.25, -0.2) is 9.37 Å². The summed E-state index contributed by atoms with van der Waals surface area (Å²) in [6.45, 7) is 0. The van der Waals surface area contributed by atoms with Crippen molar-refractivity contribution in [1.29, 1.82) is 0 Å². The predicted octanol–water partition coefficient (Wildman–Crippen LogP) is 3.82. The van der Waals surface area contributed by atoms with Crippen LogP contribution in [0.5, 0.6) is 0 Å². The zero-order valence-corrected chi connectivity index (χ0v) is 11.9. The standard InChI is InChI=1S/C13H10Cl2FN3O/c1-17-12-8(3-2-4-18-12)13(20)19-7-5-9(14)11(16)10(15)6-7/h2-6H,1H3,(H,17,18)(H,19,20). The predicted molar refractivity (Wildman–Crippen MR) is 78.2 cm³/mol. The number of carbonyl (C=O) groups is 1. The number of halogens is 3. The lowest BCUT2D eigenvalue weighted by atomic mass is 10.2.